The second-order valence-corrected chi connectivity index (χ2v) is 5.00. The largest absolute Gasteiger partial charge is 0.468 e. The fourth-order valence-corrected chi connectivity index (χ4v) is 2.48. The van der Waals surface area contributed by atoms with Crippen LogP contribution in [0.2, 0.25) is 0 Å². The van der Waals surface area contributed by atoms with Gasteiger partial charge in [0.05, 0.1) is 11.5 Å². The molecule has 0 saturated heterocycles. The third-order valence-corrected chi connectivity index (χ3v) is 3.63. The second-order valence-electron chi connectivity index (χ2n) is 3.89. The minimum atomic E-state index is -0.0322. The number of hydrogen-bond donors (Lipinski definition) is 1. The average molecular weight is 249 g/mol. The van der Waals surface area contributed by atoms with Crippen molar-refractivity contribution in [3.05, 3.63) is 42.1 Å². The predicted molar refractivity (Wildman–Crippen MR) is 67.7 cm³/mol. The first kappa shape index (κ1) is 12.1. The van der Waals surface area contributed by atoms with Crippen molar-refractivity contribution < 1.29 is 4.42 Å². The molecule has 0 spiro atoms. The van der Waals surface area contributed by atoms with Crippen molar-refractivity contribution in [2.75, 3.05) is 0 Å². The summed E-state index contributed by atoms with van der Waals surface area (Å²) in [6, 6.07) is 5.63. The molecular weight excluding hydrogens is 234 g/mol. The van der Waals surface area contributed by atoms with Gasteiger partial charge in [-0.25, -0.2) is 9.97 Å². The van der Waals surface area contributed by atoms with Crippen LogP contribution in [0.5, 0.6) is 0 Å². The molecule has 2 atom stereocenters. The SMILES string of the molecule is Cc1ccnc(SC(c2ccco2)C(C)N)n1. The fourth-order valence-electron chi connectivity index (χ4n) is 1.47. The summed E-state index contributed by atoms with van der Waals surface area (Å²) in [5.41, 5.74) is 6.93. The van der Waals surface area contributed by atoms with Gasteiger partial charge in [0.25, 0.3) is 0 Å². The van der Waals surface area contributed by atoms with Crippen LogP contribution < -0.4 is 5.73 Å². The Bertz CT molecular complexity index is 470. The lowest BCUT2D eigenvalue weighted by Crippen LogP contribution is -2.22. The maximum Gasteiger partial charge on any atom is 0.188 e. The van der Waals surface area contributed by atoms with Gasteiger partial charge in [-0.3, -0.25) is 0 Å². The van der Waals surface area contributed by atoms with Crippen molar-refractivity contribution in [3.8, 4) is 0 Å². The molecule has 5 heteroatoms. The second kappa shape index (κ2) is 5.33. The molecule has 2 unspecified atom stereocenters. The Morgan fingerprint density at radius 1 is 1.41 bits per heavy atom. The van der Waals surface area contributed by atoms with Crippen LogP contribution in [0.1, 0.15) is 23.6 Å². The van der Waals surface area contributed by atoms with E-state index >= 15 is 0 Å². The van der Waals surface area contributed by atoms with Crippen LogP contribution in [0.15, 0.2) is 40.2 Å². The van der Waals surface area contributed by atoms with Gasteiger partial charge in [-0.2, -0.15) is 0 Å². The number of thioether (sulfide) groups is 1. The molecule has 2 heterocycles. The number of rotatable bonds is 4. The molecule has 0 saturated carbocycles. The van der Waals surface area contributed by atoms with Gasteiger partial charge in [0, 0.05) is 17.9 Å². The molecule has 0 aliphatic heterocycles. The molecule has 0 fully saturated rings. The molecule has 0 radical (unpaired) electrons. The number of hydrogen-bond acceptors (Lipinski definition) is 5. The topological polar surface area (TPSA) is 64.9 Å². The van der Waals surface area contributed by atoms with Gasteiger partial charge >= 0.3 is 0 Å². The minimum absolute atomic E-state index is 0.0322. The number of furan rings is 1. The molecule has 0 amide bonds. The minimum Gasteiger partial charge on any atom is -0.468 e. The van der Waals surface area contributed by atoms with E-state index in [1.54, 1.807) is 12.5 Å². The normalized spacial score (nSPS) is 14.5. The van der Waals surface area contributed by atoms with E-state index in [0.717, 1.165) is 16.6 Å². The quantitative estimate of drug-likeness (QED) is 0.666. The van der Waals surface area contributed by atoms with E-state index in [4.69, 9.17) is 10.2 Å². The highest BCUT2D eigenvalue weighted by Gasteiger charge is 2.21. The van der Waals surface area contributed by atoms with Crippen LogP contribution >= 0.6 is 11.8 Å². The summed E-state index contributed by atoms with van der Waals surface area (Å²) in [6.07, 6.45) is 3.41. The van der Waals surface area contributed by atoms with Crippen LogP contribution in [0.3, 0.4) is 0 Å². The highest BCUT2D eigenvalue weighted by Crippen LogP contribution is 2.35. The third kappa shape index (κ3) is 3.08. The smallest absolute Gasteiger partial charge is 0.188 e. The standard InChI is InChI=1S/C12H15N3OS/c1-8-5-6-14-12(15-8)17-11(9(2)13)10-4-3-7-16-10/h3-7,9,11H,13H2,1-2H3. The van der Waals surface area contributed by atoms with Gasteiger partial charge in [0.1, 0.15) is 5.76 Å². The molecule has 2 N–H and O–H groups in total. The van der Waals surface area contributed by atoms with E-state index < -0.39 is 0 Å². The van der Waals surface area contributed by atoms with Gasteiger partial charge in [-0.05, 0) is 32.0 Å². The van der Waals surface area contributed by atoms with E-state index in [0.29, 0.717) is 0 Å². The first-order chi connectivity index (χ1) is 8.16. The Morgan fingerprint density at radius 2 is 2.24 bits per heavy atom. The number of nitrogens with two attached hydrogens (primary N) is 1. The molecule has 2 aromatic rings. The summed E-state index contributed by atoms with van der Waals surface area (Å²) in [5.74, 6) is 0.857. The highest BCUT2D eigenvalue weighted by atomic mass is 32.2. The van der Waals surface area contributed by atoms with E-state index in [1.165, 1.54) is 11.8 Å². The van der Waals surface area contributed by atoms with Gasteiger partial charge < -0.3 is 10.2 Å². The summed E-state index contributed by atoms with van der Waals surface area (Å²) >= 11 is 1.53. The van der Waals surface area contributed by atoms with Crippen molar-refractivity contribution in [2.24, 2.45) is 5.73 Å². The molecule has 0 aliphatic carbocycles. The molecule has 2 rings (SSSR count). The van der Waals surface area contributed by atoms with Crippen molar-refractivity contribution in [3.63, 3.8) is 0 Å². The Kier molecular flexibility index (Phi) is 3.81. The van der Waals surface area contributed by atoms with Gasteiger partial charge in [-0.1, -0.05) is 11.8 Å². The van der Waals surface area contributed by atoms with Gasteiger partial charge in [0.15, 0.2) is 5.16 Å². The van der Waals surface area contributed by atoms with E-state index in [9.17, 15) is 0 Å². The zero-order valence-electron chi connectivity index (χ0n) is 9.83. The van der Waals surface area contributed by atoms with Crippen LogP contribution in [-0.4, -0.2) is 16.0 Å². The number of aryl methyl sites for hydroxylation is 1. The number of aromatic nitrogens is 2. The molecule has 0 bridgehead atoms. The van der Waals surface area contributed by atoms with E-state index in [1.807, 2.05) is 32.0 Å². The molecule has 4 nitrogen and oxygen atoms in total. The fraction of sp³-hybridized carbons (Fsp3) is 0.333. The van der Waals surface area contributed by atoms with Crippen LogP contribution in [0.4, 0.5) is 0 Å². The maximum absolute atomic E-state index is 5.98. The third-order valence-electron chi connectivity index (χ3n) is 2.31. The van der Waals surface area contributed by atoms with E-state index in [2.05, 4.69) is 9.97 Å². The van der Waals surface area contributed by atoms with Crippen LogP contribution in [-0.2, 0) is 0 Å². The van der Waals surface area contributed by atoms with E-state index in [-0.39, 0.29) is 11.3 Å². The Balaban J connectivity index is 2.19. The van der Waals surface area contributed by atoms with Crippen molar-refractivity contribution in [1.29, 1.82) is 0 Å². The van der Waals surface area contributed by atoms with Crippen LogP contribution in [0.25, 0.3) is 0 Å². The zero-order valence-corrected chi connectivity index (χ0v) is 10.6. The summed E-state index contributed by atoms with van der Waals surface area (Å²) < 4.78 is 5.40. The summed E-state index contributed by atoms with van der Waals surface area (Å²) in [7, 11) is 0. The monoisotopic (exact) mass is 249 g/mol. The van der Waals surface area contributed by atoms with Crippen LogP contribution in [0, 0.1) is 6.92 Å². The molecule has 90 valence electrons. The maximum atomic E-state index is 5.98. The predicted octanol–water partition coefficient (Wildman–Crippen LogP) is 2.56. The number of nitrogens with zero attached hydrogens (tertiary/aromatic N) is 2. The Labute approximate surface area is 105 Å². The van der Waals surface area contributed by atoms with Crippen molar-refractivity contribution >= 4 is 11.8 Å². The van der Waals surface area contributed by atoms with Gasteiger partial charge in [-0.15, -0.1) is 0 Å². The zero-order chi connectivity index (χ0) is 12.3. The highest BCUT2D eigenvalue weighted by molar-refractivity contribution is 7.99. The molecular formula is C12H15N3OS. The average Bonchev–Trinajstić information content (AvgIpc) is 2.78. The Hall–Kier alpha value is -1.33. The van der Waals surface area contributed by atoms with Crippen molar-refractivity contribution in [2.45, 2.75) is 30.3 Å². The first-order valence-corrected chi connectivity index (χ1v) is 6.30. The lowest BCUT2D eigenvalue weighted by atomic mass is 10.2. The van der Waals surface area contributed by atoms with Gasteiger partial charge in [0.2, 0.25) is 0 Å². The molecule has 17 heavy (non-hydrogen) atoms. The molecule has 0 aromatic carbocycles. The lowest BCUT2D eigenvalue weighted by Gasteiger charge is -2.16. The Morgan fingerprint density at radius 3 is 2.82 bits per heavy atom. The summed E-state index contributed by atoms with van der Waals surface area (Å²) in [6.45, 7) is 3.90. The molecule has 2 aromatic heterocycles. The lowest BCUT2D eigenvalue weighted by molar-refractivity contribution is 0.486. The van der Waals surface area contributed by atoms with Crippen molar-refractivity contribution in [1.82, 2.24) is 9.97 Å². The first-order valence-electron chi connectivity index (χ1n) is 5.42. The summed E-state index contributed by atoms with van der Waals surface area (Å²) in [5, 5.41) is 0.760. The molecule has 0 aliphatic rings. The summed E-state index contributed by atoms with van der Waals surface area (Å²) in [4.78, 5) is 8.59.